The molecule has 0 saturated heterocycles. The minimum Gasteiger partial charge on any atom is -0.394 e. The van der Waals surface area contributed by atoms with Crippen molar-refractivity contribution in [2.24, 2.45) is 5.92 Å². The third-order valence-corrected chi connectivity index (χ3v) is 4.37. The van der Waals surface area contributed by atoms with Gasteiger partial charge in [0.25, 0.3) is 0 Å². The Morgan fingerprint density at radius 2 is 1.71 bits per heavy atom. The monoisotopic (exact) mass is 289 g/mol. The van der Waals surface area contributed by atoms with E-state index in [9.17, 15) is 9.90 Å². The van der Waals surface area contributed by atoms with Gasteiger partial charge in [-0.3, -0.25) is 4.79 Å². The zero-order valence-electron chi connectivity index (χ0n) is 12.8. The van der Waals surface area contributed by atoms with Crippen LogP contribution in [0.1, 0.15) is 50.5 Å². The number of hydrogen-bond acceptors (Lipinski definition) is 2. The minimum absolute atomic E-state index is 0.00659. The number of aliphatic hydroxyl groups excluding tert-OH is 1. The highest BCUT2D eigenvalue weighted by Gasteiger charge is 2.21. The average Bonchev–Trinajstić information content (AvgIpc) is 2.47. The highest BCUT2D eigenvalue weighted by Crippen LogP contribution is 2.22. The van der Waals surface area contributed by atoms with Crippen molar-refractivity contribution in [1.82, 2.24) is 5.32 Å². The van der Waals surface area contributed by atoms with Gasteiger partial charge in [0.05, 0.1) is 12.6 Å². The van der Waals surface area contributed by atoms with Gasteiger partial charge in [0, 0.05) is 5.92 Å². The van der Waals surface area contributed by atoms with Gasteiger partial charge in [-0.25, -0.2) is 0 Å². The smallest absolute Gasteiger partial charge is 0.223 e. The Kier molecular flexibility index (Phi) is 6.74. The van der Waals surface area contributed by atoms with E-state index in [0.29, 0.717) is 6.42 Å². The molecule has 1 aromatic carbocycles. The van der Waals surface area contributed by atoms with Crippen molar-refractivity contribution >= 4 is 5.91 Å². The lowest BCUT2D eigenvalue weighted by molar-refractivity contribution is -0.126. The molecule has 1 aromatic rings. The number of benzene rings is 1. The first-order valence-electron chi connectivity index (χ1n) is 8.24. The molecule has 1 amide bonds. The molecular weight excluding hydrogens is 262 g/mol. The van der Waals surface area contributed by atoms with Crippen LogP contribution in [0.15, 0.2) is 30.3 Å². The third-order valence-electron chi connectivity index (χ3n) is 4.37. The van der Waals surface area contributed by atoms with Crippen LogP contribution in [0.25, 0.3) is 0 Å². The van der Waals surface area contributed by atoms with Gasteiger partial charge in [0.15, 0.2) is 0 Å². The first-order chi connectivity index (χ1) is 10.3. The van der Waals surface area contributed by atoms with Gasteiger partial charge >= 0.3 is 0 Å². The molecule has 21 heavy (non-hydrogen) atoms. The van der Waals surface area contributed by atoms with E-state index in [1.54, 1.807) is 0 Å². The third kappa shape index (κ3) is 5.50. The van der Waals surface area contributed by atoms with Crippen LogP contribution < -0.4 is 5.32 Å². The van der Waals surface area contributed by atoms with Crippen molar-refractivity contribution in [3.05, 3.63) is 35.9 Å². The normalized spacial score (nSPS) is 18.5. The lowest BCUT2D eigenvalue weighted by atomic mass is 9.90. The van der Waals surface area contributed by atoms with Crippen molar-refractivity contribution in [1.29, 1.82) is 0 Å². The average molecular weight is 289 g/mol. The van der Waals surface area contributed by atoms with Gasteiger partial charge in [0.2, 0.25) is 5.91 Å². The van der Waals surface area contributed by atoms with Crippen LogP contribution >= 0.6 is 0 Å². The van der Waals surface area contributed by atoms with Gasteiger partial charge < -0.3 is 10.4 Å². The Morgan fingerprint density at radius 1 is 1.10 bits per heavy atom. The SMILES string of the molecule is O=C(N[C@H](CO)Cc1ccccc1)C1CCCCCCC1. The maximum Gasteiger partial charge on any atom is 0.223 e. The van der Waals surface area contributed by atoms with Gasteiger partial charge in [-0.1, -0.05) is 62.4 Å². The fourth-order valence-electron chi connectivity index (χ4n) is 3.10. The molecule has 0 aliphatic heterocycles. The second kappa shape index (κ2) is 8.83. The predicted molar refractivity (Wildman–Crippen MR) is 85.0 cm³/mol. The van der Waals surface area contributed by atoms with Crippen molar-refractivity contribution in [2.45, 2.75) is 57.4 Å². The van der Waals surface area contributed by atoms with E-state index in [2.05, 4.69) is 5.32 Å². The minimum atomic E-state index is -0.176. The van der Waals surface area contributed by atoms with Crippen LogP contribution in [0.2, 0.25) is 0 Å². The van der Waals surface area contributed by atoms with Crippen LogP contribution in [0, 0.1) is 5.92 Å². The second-order valence-corrected chi connectivity index (χ2v) is 6.12. The fraction of sp³-hybridized carbons (Fsp3) is 0.611. The molecule has 0 bridgehead atoms. The number of rotatable bonds is 5. The van der Waals surface area contributed by atoms with E-state index in [0.717, 1.165) is 31.2 Å². The summed E-state index contributed by atoms with van der Waals surface area (Å²) in [5, 5.41) is 12.6. The van der Waals surface area contributed by atoms with Gasteiger partial charge in [0.1, 0.15) is 0 Å². The zero-order chi connectivity index (χ0) is 14.9. The first-order valence-corrected chi connectivity index (χ1v) is 8.24. The Bertz CT molecular complexity index is 410. The molecule has 2 rings (SSSR count). The molecule has 0 spiro atoms. The molecule has 1 aliphatic rings. The van der Waals surface area contributed by atoms with E-state index in [1.807, 2.05) is 30.3 Å². The van der Waals surface area contributed by atoms with E-state index < -0.39 is 0 Å². The van der Waals surface area contributed by atoms with E-state index in [1.165, 1.54) is 19.3 Å². The Morgan fingerprint density at radius 3 is 2.33 bits per heavy atom. The van der Waals surface area contributed by atoms with Crippen LogP contribution in [-0.4, -0.2) is 23.7 Å². The number of amides is 1. The van der Waals surface area contributed by atoms with E-state index in [-0.39, 0.29) is 24.5 Å². The van der Waals surface area contributed by atoms with Crippen LogP contribution in [0.4, 0.5) is 0 Å². The van der Waals surface area contributed by atoms with Crippen molar-refractivity contribution in [3.8, 4) is 0 Å². The summed E-state index contributed by atoms with van der Waals surface area (Å²) in [5.74, 6) is 0.266. The summed E-state index contributed by atoms with van der Waals surface area (Å²) in [6, 6.07) is 9.84. The lowest BCUT2D eigenvalue weighted by Gasteiger charge is -2.23. The molecule has 1 fully saturated rings. The molecule has 1 atom stereocenters. The van der Waals surface area contributed by atoms with Crippen LogP contribution in [0.3, 0.4) is 0 Å². The number of carbonyl (C=O) groups excluding carboxylic acids is 1. The van der Waals surface area contributed by atoms with Crippen molar-refractivity contribution in [3.63, 3.8) is 0 Å². The molecule has 0 heterocycles. The van der Waals surface area contributed by atoms with Gasteiger partial charge in [-0.2, -0.15) is 0 Å². The Balaban J connectivity index is 1.86. The van der Waals surface area contributed by atoms with Gasteiger partial charge in [-0.15, -0.1) is 0 Å². The highest BCUT2D eigenvalue weighted by molar-refractivity contribution is 5.79. The predicted octanol–water partition coefficient (Wildman–Crippen LogP) is 3.07. The molecule has 0 unspecified atom stereocenters. The molecular formula is C18H27NO2. The quantitative estimate of drug-likeness (QED) is 0.875. The second-order valence-electron chi connectivity index (χ2n) is 6.12. The molecule has 1 aliphatic carbocycles. The zero-order valence-corrected chi connectivity index (χ0v) is 12.8. The molecule has 3 heteroatoms. The topological polar surface area (TPSA) is 49.3 Å². The molecule has 1 saturated carbocycles. The molecule has 3 nitrogen and oxygen atoms in total. The summed E-state index contributed by atoms with van der Waals surface area (Å²) in [7, 11) is 0. The molecule has 0 radical (unpaired) electrons. The molecule has 116 valence electrons. The molecule has 0 aromatic heterocycles. The summed E-state index contributed by atoms with van der Waals surface area (Å²) in [6.45, 7) is -0.00659. The number of hydrogen-bond donors (Lipinski definition) is 2. The maximum absolute atomic E-state index is 12.4. The Labute approximate surface area is 127 Å². The number of carbonyl (C=O) groups is 1. The van der Waals surface area contributed by atoms with E-state index >= 15 is 0 Å². The molecule has 2 N–H and O–H groups in total. The van der Waals surface area contributed by atoms with Crippen molar-refractivity contribution < 1.29 is 9.90 Å². The lowest BCUT2D eigenvalue weighted by Crippen LogP contribution is -2.42. The fourth-order valence-corrected chi connectivity index (χ4v) is 3.10. The maximum atomic E-state index is 12.4. The van der Waals surface area contributed by atoms with Crippen molar-refractivity contribution in [2.75, 3.05) is 6.61 Å². The van der Waals surface area contributed by atoms with Crippen LogP contribution in [0.5, 0.6) is 0 Å². The van der Waals surface area contributed by atoms with Gasteiger partial charge in [-0.05, 0) is 24.8 Å². The first kappa shape index (κ1) is 16.0. The van der Waals surface area contributed by atoms with Crippen LogP contribution in [-0.2, 0) is 11.2 Å². The summed E-state index contributed by atoms with van der Waals surface area (Å²) < 4.78 is 0. The Hall–Kier alpha value is -1.35. The summed E-state index contributed by atoms with van der Waals surface area (Å²) in [4.78, 5) is 12.4. The standard InChI is InChI=1S/C18H27NO2/c20-14-17(13-15-9-5-4-6-10-15)19-18(21)16-11-7-2-1-3-8-12-16/h4-6,9-10,16-17,20H,1-3,7-8,11-14H2,(H,19,21)/t17-/m0/s1. The van der Waals surface area contributed by atoms with E-state index in [4.69, 9.17) is 0 Å². The largest absolute Gasteiger partial charge is 0.394 e. The number of aliphatic hydroxyl groups is 1. The highest BCUT2D eigenvalue weighted by atomic mass is 16.3. The summed E-state index contributed by atoms with van der Waals surface area (Å²) in [6.07, 6.45) is 8.79. The number of nitrogens with one attached hydrogen (secondary N) is 1. The summed E-state index contributed by atoms with van der Waals surface area (Å²) in [5.41, 5.74) is 1.15. The summed E-state index contributed by atoms with van der Waals surface area (Å²) >= 11 is 0.